The van der Waals surface area contributed by atoms with Gasteiger partial charge in [-0.25, -0.2) is 4.79 Å². The number of carbonyl (C=O) groups is 1. The largest absolute Gasteiger partial charge is 0.446 e. The van der Waals surface area contributed by atoms with E-state index in [4.69, 9.17) is 10.5 Å². The summed E-state index contributed by atoms with van der Waals surface area (Å²) in [5.41, 5.74) is 5.59. The third kappa shape index (κ3) is 3.70. The molecule has 2 N–H and O–H groups in total. The van der Waals surface area contributed by atoms with Crippen molar-refractivity contribution in [3.8, 4) is 0 Å². The summed E-state index contributed by atoms with van der Waals surface area (Å²) in [5.74, 6) is 0.581. The summed E-state index contributed by atoms with van der Waals surface area (Å²) < 4.78 is 5.26. The normalized spacial score (nSPS) is 20.1. The maximum Gasteiger partial charge on any atom is 0.410 e. The number of carbonyl (C=O) groups excluding carboxylic acids is 1. The first-order valence-corrected chi connectivity index (χ1v) is 5.83. The SMILES string of the molecule is CCC(C)OC(=O)N1CCC(CN)CC1. The van der Waals surface area contributed by atoms with Gasteiger partial charge >= 0.3 is 6.09 Å². The van der Waals surface area contributed by atoms with Crippen molar-refractivity contribution in [1.82, 2.24) is 4.90 Å². The van der Waals surface area contributed by atoms with E-state index < -0.39 is 0 Å². The Kier molecular flexibility index (Phi) is 4.88. The number of nitrogens with zero attached hydrogens (tertiary/aromatic N) is 1. The van der Waals surface area contributed by atoms with Crippen molar-refractivity contribution < 1.29 is 9.53 Å². The number of ether oxygens (including phenoxy) is 1. The van der Waals surface area contributed by atoms with Crippen LogP contribution >= 0.6 is 0 Å². The van der Waals surface area contributed by atoms with Gasteiger partial charge in [0.1, 0.15) is 6.10 Å². The number of hydrogen-bond acceptors (Lipinski definition) is 3. The fourth-order valence-corrected chi connectivity index (χ4v) is 1.68. The number of piperidine rings is 1. The minimum absolute atomic E-state index is 0.0183. The van der Waals surface area contributed by atoms with Crippen LogP contribution in [0.4, 0.5) is 4.79 Å². The van der Waals surface area contributed by atoms with E-state index in [1.165, 1.54) is 0 Å². The lowest BCUT2D eigenvalue weighted by molar-refractivity contribution is 0.0584. The van der Waals surface area contributed by atoms with Crippen LogP contribution in [-0.4, -0.2) is 36.7 Å². The lowest BCUT2D eigenvalue weighted by Gasteiger charge is -2.31. The molecule has 1 atom stereocenters. The summed E-state index contributed by atoms with van der Waals surface area (Å²) in [4.78, 5) is 13.4. The fraction of sp³-hybridized carbons (Fsp3) is 0.909. The van der Waals surface area contributed by atoms with Crippen molar-refractivity contribution >= 4 is 6.09 Å². The minimum Gasteiger partial charge on any atom is -0.446 e. The van der Waals surface area contributed by atoms with Gasteiger partial charge in [-0.1, -0.05) is 6.92 Å². The molecule has 88 valence electrons. The molecule has 1 fully saturated rings. The molecule has 0 aromatic rings. The summed E-state index contributed by atoms with van der Waals surface area (Å²) >= 11 is 0. The maximum atomic E-state index is 11.6. The minimum atomic E-state index is -0.167. The quantitative estimate of drug-likeness (QED) is 0.776. The van der Waals surface area contributed by atoms with E-state index in [-0.39, 0.29) is 12.2 Å². The Morgan fingerprint density at radius 3 is 2.60 bits per heavy atom. The van der Waals surface area contributed by atoms with E-state index in [9.17, 15) is 4.79 Å². The molecule has 1 amide bonds. The van der Waals surface area contributed by atoms with Crippen molar-refractivity contribution in [2.45, 2.75) is 39.2 Å². The standard InChI is InChI=1S/C11H22N2O2/c1-3-9(2)15-11(14)13-6-4-10(8-12)5-7-13/h9-10H,3-8,12H2,1-2H3. The van der Waals surface area contributed by atoms with Crippen LogP contribution in [0.15, 0.2) is 0 Å². The van der Waals surface area contributed by atoms with Crippen molar-refractivity contribution in [3.63, 3.8) is 0 Å². The molecule has 0 radical (unpaired) electrons. The number of rotatable bonds is 3. The van der Waals surface area contributed by atoms with Crippen molar-refractivity contribution in [1.29, 1.82) is 0 Å². The molecule has 1 unspecified atom stereocenters. The first kappa shape index (κ1) is 12.3. The van der Waals surface area contributed by atoms with Gasteiger partial charge in [0.05, 0.1) is 0 Å². The Morgan fingerprint density at radius 2 is 2.13 bits per heavy atom. The molecule has 1 saturated heterocycles. The van der Waals surface area contributed by atoms with Crippen LogP contribution in [0.1, 0.15) is 33.1 Å². The van der Waals surface area contributed by atoms with Crippen LogP contribution in [-0.2, 0) is 4.74 Å². The molecular weight excluding hydrogens is 192 g/mol. The second-order valence-electron chi connectivity index (χ2n) is 4.27. The maximum absolute atomic E-state index is 11.6. The molecule has 1 aliphatic rings. The summed E-state index contributed by atoms with van der Waals surface area (Å²) in [6.45, 7) is 6.24. The second-order valence-corrected chi connectivity index (χ2v) is 4.27. The zero-order chi connectivity index (χ0) is 11.3. The summed E-state index contributed by atoms with van der Waals surface area (Å²) in [5, 5.41) is 0. The van der Waals surface area contributed by atoms with Gasteiger partial charge in [0, 0.05) is 13.1 Å². The predicted octanol–water partition coefficient (Wildman–Crippen LogP) is 1.59. The number of hydrogen-bond donors (Lipinski definition) is 1. The molecule has 1 aliphatic heterocycles. The molecular formula is C11H22N2O2. The van der Waals surface area contributed by atoms with Crippen LogP contribution in [0.25, 0.3) is 0 Å². The molecule has 0 saturated carbocycles. The number of likely N-dealkylation sites (tertiary alicyclic amines) is 1. The highest BCUT2D eigenvalue weighted by Crippen LogP contribution is 2.16. The van der Waals surface area contributed by atoms with Crippen LogP contribution in [0.5, 0.6) is 0 Å². The molecule has 1 heterocycles. The average Bonchev–Trinajstić information content (AvgIpc) is 2.29. The summed E-state index contributed by atoms with van der Waals surface area (Å²) in [6, 6.07) is 0. The topological polar surface area (TPSA) is 55.6 Å². The molecule has 0 bridgehead atoms. The van der Waals surface area contributed by atoms with Crippen LogP contribution in [0.3, 0.4) is 0 Å². The lowest BCUT2D eigenvalue weighted by Crippen LogP contribution is -2.41. The highest BCUT2D eigenvalue weighted by molar-refractivity contribution is 5.67. The first-order chi connectivity index (χ1) is 7.17. The molecule has 0 aromatic heterocycles. The Morgan fingerprint density at radius 1 is 1.53 bits per heavy atom. The van der Waals surface area contributed by atoms with Crippen molar-refractivity contribution in [3.05, 3.63) is 0 Å². The van der Waals surface area contributed by atoms with Gasteiger partial charge in [0.25, 0.3) is 0 Å². The number of nitrogens with two attached hydrogens (primary N) is 1. The third-order valence-corrected chi connectivity index (χ3v) is 3.08. The molecule has 0 aromatic carbocycles. The molecule has 0 spiro atoms. The zero-order valence-electron chi connectivity index (χ0n) is 9.74. The smallest absolute Gasteiger partial charge is 0.410 e. The Bertz CT molecular complexity index is 201. The second kappa shape index (κ2) is 5.95. The highest BCUT2D eigenvalue weighted by atomic mass is 16.6. The summed E-state index contributed by atoms with van der Waals surface area (Å²) in [7, 11) is 0. The van der Waals surface area contributed by atoms with Crippen molar-refractivity contribution in [2.75, 3.05) is 19.6 Å². The molecule has 4 nitrogen and oxygen atoms in total. The van der Waals surface area contributed by atoms with Gasteiger partial charge in [-0.2, -0.15) is 0 Å². The van der Waals surface area contributed by atoms with Crippen LogP contribution in [0, 0.1) is 5.92 Å². The van der Waals surface area contributed by atoms with Gasteiger partial charge in [-0.05, 0) is 38.6 Å². The summed E-state index contributed by atoms with van der Waals surface area (Å²) in [6.07, 6.45) is 2.73. The Labute approximate surface area is 91.8 Å². The highest BCUT2D eigenvalue weighted by Gasteiger charge is 2.23. The average molecular weight is 214 g/mol. The molecule has 4 heteroatoms. The van der Waals surface area contributed by atoms with E-state index in [2.05, 4.69) is 0 Å². The van der Waals surface area contributed by atoms with Gasteiger partial charge in [0.15, 0.2) is 0 Å². The molecule has 0 aliphatic carbocycles. The Hall–Kier alpha value is -0.770. The molecule has 1 rings (SSSR count). The van der Waals surface area contributed by atoms with Gasteiger partial charge in [-0.3, -0.25) is 0 Å². The van der Waals surface area contributed by atoms with Gasteiger partial charge in [-0.15, -0.1) is 0 Å². The van der Waals surface area contributed by atoms with E-state index in [1.807, 2.05) is 13.8 Å². The van der Waals surface area contributed by atoms with Crippen LogP contribution in [0.2, 0.25) is 0 Å². The lowest BCUT2D eigenvalue weighted by atomic mass is 9.97. The van der Waals surface area contributed by atoms with E-state index in [0.29, 0.717) is 5.92 Å². The fourth-order valence-electron chi connectivity index (χ4n) is 1.68. The van der Waals surface area contributed by atoms with Gasteiger partial charge in [0.2, 0.25) is 0 Å². The number of amides is 1. The van der Waals surface area contributed by atoms with Gasteiger partial charge < -0.3 is 15.4 Å². The van der Waals surface area contributed by atoms with Crippen molar-refractivity contribution in [2.24, 2.45) is 11.7 Å². The third-order valence-electron chi connectivity index (χ3n) is 3.08. The Balaban J connectivity index is 2.30. The first-order valence-electron chi connectivity index (χ1n) is 5.83. The van der Waals surface area contributed by atoms with Crippen LogP contribution < -0.4 is 5.73 Å². The van der Waals surface area contributed by atoms with E-state index in [1.54, 1.807) is 4.90 Å². The van der Waals surface area contributed by atoms with E-state index >= 15 is 0 Å². The zero-order valence-corrected chi connectivity index (χ0v) is 9.74. The molecule has 15 heavy (non-hydrogen) atoms. The monoisotopic (exact) mass is 214 g/mol. The van der Waals surface area contributed by atoms with E-state index in [0.717, 1.165) is 38.9 Å². The predicted molar refractivity (Wildman–Crippen MR) is 59.6 cm³/mol.